The number of ether oxygens (including phenoxy) is 2. The Morgan fingerprint density at radius 2 is 1.48 bits per heavy atom. The molecule has 0 aromatic heterocycles. The Labute approximate surface area is 186 Å². The summed E-state index contributed by atoms with van der Waals surface area (Å²) in [5, 5.41) is 11.0. The van der Waals surface area contributed by atoms with Gasteiger partial charge in [-0.3, -0.25) is 9.80 Å². The number of hydrogen-bond acceptors (Lipinski definition) is 5. The molecule has 0 spiro atoms. The predicted octanol–water partition coefficient (Wildman–Crippen LogP) is 3.96. The number of piperidine rings is 2. The SMILES string of the molecule is OC1(COc2ccccc2)CCCN(Cc2ccc(OCCN3CCCCC3)cc2)C1. The monoisotopic (exact) mass is 424 g/mol. The molecule has 2 aliphatic rings. The fourth-order valence-electron chi connectivity index (χ4n) is 4.62. The molecule has 2 heterocycles. The number of likely N-dealkylation sites (tertiary alicyclic amines) is 2. The highest BCUT2D eigenvalue weighted by atomic mass is 16.5. The van der Waals surface area contributed by atoms with Crippen LogP contribution in [-0.4, -0.2) is 66.4 Å². The van der Waals surface area contributed by atoms with E-state index >= 15 is 0 Å². The van der Waals surface area contributed by atoms with Crippen molar-refractivity contribution < 1.29 is 14.6 Å². The molecule has 2 aliphatic heterocycles. The van der Waals surface area contributed by atoms with Crippen molar-refractivity contribution in [2.45, 2.75) is 44.2 Å². The van der Waals surface area contributed by atoms with E-state index in [1.54, 1.807) is 0 Å². The van der Waals surface area contributed by atoms with Crippen LogP contribution in [0.5, 0.6) is 11.5 Å². The van der Waals surface area contributed by atoms with E-state index in [0.717, 1.165) is 50.6 Å². The summed E-state index contributed by atoms with van der Waals surface area (Å²) in [7, 11) is 0. The molecule has 0 aliphatic carbocycles. The fraction of sp³-hybridized carbons (Fsp3) is 0.538. The zero-order valence-corrected chi connectivity index (χ0v) is 18.5. The minimum absolute atomic E-state index is 0.331. The molecule has 2 aromatic rings. The maximum absolute atomic E-state index is 11.0. The van der Waals surface area contributed by atoms with Crippen molar-refractivity contribution in [1.29, 1.82) is 0 Å². The summed E-state index contributed by atoms with van der Waals surface area (Å²) in [5.41, 5.74) is 0.447. The molecular weight excluding hydrogens is 388 g/mol. The van der Waals surface area contributed by atoms with Crippen molar-refractivity contribution in [3.05, 3.63) is 60.2 Å². The van der Waals surface area contributed by atoms with E-state index in [0.29, 0.717) is 13.2 Å². The molecule has 1 atom stereocenters. The zero-order chi connectivity index (χ0) is 21.4. The van der Waals surface area contributed by atoms with Crippen molar-refractivity contribution in [2.24, 2.45) is 0 Å². The van der Waals surface area contributed by atoms with E-state index in [4.69, 9.17) is 9.47 Å². The minimum Gasteiger partial charge on any atom is -0.492 e. The van der Waals surface area contributed by atoms with Gasteiger partial charge in [0.1, 0.15) is 30.3 Å². The zero-order valence-electron chi connectivity index (χ0n) is 18.5. The van der Waals surface area contributed by atoms with E-state index < -0.39 is 5.60 Å². The van der Waals surface area contributed by atoms with Gasteiger partial charge in [-0.25, -0.2) is 0 Å². The van der Waals surface area contributed by atoms with Crippen LogP contribution in [-0.2, 0) is 6.54 Å². The first-order valence-corrected chi connectivity index (χ1v) is 11.8. The Bertz CT molecular complexity index is 777. The van der Waals surface area contributed by atoms with Crippen molar-refractivity contribution in [3.63, 3.8) is 0 Å². The molecule has 168 valence electrons. The molecule has 2 aromatic carbocycles. The van der Waals surface area contributed by atoms with Crippen molar-refractivity contribution in [2.75, 3.05) is 45.9 Å². The van der Waals surface area contributed by atoms with Gasteiger partial charge in [-0.2, -0.15) is 0 Å². The average molecular weight is 425 g/mol. The van der Waals surface area contributed by atoms with Crippen LogP contribution in [0, 0.1) is 0 Å². The molecule has 2 saturated heterocycles. The second kappa shape index (κ2) is 11.0. The lowest BCUT2D eigenvalue weighted by Gasteiger charge is -2.39. The highest BCUT2D eigenvalue weighted by Gasteiger charge is 2.34. The van der Waals surface area contributed by atoms with Crippen molar-refractivity contribution >= 4 is 0 Å². The first kappa shape index (κ1) is 22.1. The van der Waals surface area contributed by atoms with Crippen LogP contribution in [0.2, 0.25) is 0 Å². The van der Waals surface area contributed by atoms with Crippen LogP contribution < -0.4 is 9.47 Å². The van der Waals surface area contributed by atoms with E-state index in [-0.39, 0.29) is 0 Å². The predicted molar refractivity (Wildman–Crippen MR) is 124 cm³/mol. The third-order valence-corrected chi connectivity index (χ3v) is 6.34. The molecule has 0 bridgehead atoms. The molecule has 5 nitrogen and oxygen atoms in total. The van der Waals surface area contributed by atoms with Crippen LogP contribution in [0.1, 0.15) is 37.7 Å². The molecule has 2 fully saturated rings. The first-order chi connectivity index (χ1) is 15.2. The van der Waals surface area contributed by atoms with E-state index in [9.17, 15) is 5.11 Å². The van der Waals surface area contributed by atoms with Crippen LogP contribution in [0.15, 0.2) is 54.6 Å². The van der Waals surface area contributed by atoms with Crippen LogP contribution in [0.3, 0.4) is 0 Å². The standard InChI is InChI=1S/C26H36N2O3/c29-26(22-31-24-8-3-1-4-9-24)14-7-17-28(21-26)20-23-10-12-25(13-11-23)30-19-18-27-15-5-2-6-16-27/h1,3-4,8-13,29H,2,5-7,14-22H2. The summed E-state index contributed by atoms with van der Waals surface area (Å²) in [6.07, 6.45) is 5.76. The van der Waals surface area contributed by atoms with Gasteiger partial charge in [-0.1, -0.05) is 36.8 Å². The van der Waals surface area contributed by atoms with Gasteiger partial charge in [0, 0.05) is 19.6 Å². The molecule has 5 heteroatoms. The van der Waals surface area contributed by atoms with Gasteiger partial charge in [0.2, 0.25) is 0 Å². The quantitative estimate of drug-likeness (QED) is 0.660. The molecular formula is C26H36N2O3. The highest BCUT2D eigenvalue weighted by Crippen LogP contribution is 2.24. The molecule has 31 heavy (non-hydrogen) atoms. The van der Waals surface area contributed by atoms with Crippen LogP contribution in [0.4, 0.5) is 0 Å². The number of rotatable bonds is 9. The van der Waals surface area contributed by atoms with Gasteiger partial charge in [0.25, 0.3) is 0 Å². The molecule has 0 radical (unpaired) electrons. The van der Waals surface area contributed by atoms with Crippen LogP contribution >= 0.6 is 0 Å². The van der Waals surface area contributed by atoms with E-state index in [1.165, 1.54) is 37.9 Å². The van der Waals surface area contributed by atoms with Gasteiger partial charge >= 0.3 is 0 Å². The highest BCUT2D eigenvalue weighted by molar-refractivity contribution is 5.27. The third kappa shape index (κ3) is 6.96. The van der Waals surface area contributed by atoms with Gasteiger partial charge in [-0.15, -0.1) is 0 Å². The summed E-state index contributed by atoms with van der Waals surface area (Å²) >= 11 is 0. The Hall–Kier alpha value is -2.08. The minimum atomic E-state index is -0.800. The lowest BCUT2D eigenvalue weighted by molar-refractivity contribution is -0.0621. The largest absolute Gasteiger partial charge is 0.492 e. The van der Waals surface area contributed by atoms with Crippen LogP contribution in [0.25, 0.3) is 0 Å². The van der Waals surface area contributed by atoms with Gasteiger partial charge in [-0.05, 0) is 75.1 Å². The summed E-state index contributed by atoms with van der Waals surface area (Å²) in [4.78, 5) is 4.82. The van der Waals surface area contributed by atoms with Gasteiger partial charge in [0.15, 0.2) is 0 Å². The number of hydrogen-bond donors (Lipinski definition) is 1. The lowest BCUT2D eigenvalue weighted by atomic mass is 9.93. The number of aliphatic hydroxyl groups is 1. The second-order valence-electron chi connectivity index (χ2n) is 9.03. The maximum atomic E-state index is 11.0. The normalized spacial score (nSPS) is 22.9. The molecule has 1 unspecified atom stereocenters. The molecule has 4 rings (SSSR count). The summed E-state index contributed by atoms with van der Waals surface area (Å²) < 4.78 is 11.8. The van der Waals surface area contributed by atoms with Gasteiger partial charge in [0.05, 0.1) is 0 Å². The third-order valence-electron chi connectivity index (χ3n) is 6.34. The second-order valence-corrected chi connectivity index (χ2v) is 9.03. The number of benzene rings is 2. The number of para-hydroxylation sites is 1. The Morgan fingerprint density at radius 1 is 0.774 bits per heavy atom. The van der Waals surface area contributed by atoms with E-state index in [2.05, 4.69) is 34.1 Å². The fourth-order valence-corrected chi connectivity index (χ4v) is 4.62. The number of nitrogens with zero attached hydrogens (tertiary/aromatic N) is 2. The lowest BCUT2D eigenvalue weighted by Crippen LogP contribution is -2.51. The number of β-amino-alcohol motifs (C(OH)–C–C–N with tert-alkyl or cyclic N) is 1. The Kier molecular flexibility index (Phi) is 7.84. The summed E-state index contributed by atoms with van der Waals surface area (Å²) in [5.74, 6) is 1.75. The average Bonchev–Trinajstić information content (AvgIpc) is 2.81. The summed E-state index contributed by atoms with van der Waals surface area (Å²) in [6.45, 7) is 6.98. The first-order valence-electron chi connectivity index (χ1n) is 11.8. The molecule has 0 saturated carbocycles. The molecule has 1 N–H and O–H groups in total. The Morgan fingerprint density at radius 3 is 2.26 bits per heavy atom. The van der Waals surface area contributed by atoms with E-state index in [1.807, 2.05) is 30.3 Å². The smallest absolute Gasteiger partial charge is 0.119 e. The topological polar surface area (TPSA) is 45.2 Å². The van der Waals surface area contributed by atoms with Crippen molar-refractivity contribution in [3.8, 4) is 11.5 Å². The van der Waals surface area contributed by atoms with Crippen molar-refractivity contribution in [1.82, 2.24) is 9.80 Å². The maximum Gasteiger partial charge on any atom is 0.119 e. The summed E-state index contributed by atoms with van der Waals surface area (Å²) in [6, 6.07) is 18.2. The molecule has 0 amide bonds. The Balaban J connectivity index is 1.21. The van der Waals surface area contributed by atoms with Gasteiger partial charge < -0.3 is 14.6 Å².